The van der Waals surface area contributed by atoms with Gasteiger partial charge in [0.2, 0.25) is 0 Å². The summed E-state index contributed by atoms with van der Waals surface area (Å²) in [5, 5.41) is 0.586. The van der Waals surface area contributed by atoms with E-state index in [-0.39, 0.29) is 5.92 Å². The molecule has 0 heterocycles. The summed E-state index contributed by atoms with van der Waals surface area (Å²) in [6.07, 6.45) is 1.59. The van der Waals surface area contributed by atoms with Crippen LogP contribution in [0.2, 0.25) is 5.02 Å². The van der Waals surface area contributed by atoms with Crippen LogP contribution in [0.5, 0.6) is 5.75 Å². The molecule has 0 aliphatic carbocycles. The van der Waals surface area contributed by atoms with Crippen LogP contribution in [-0.2, 0) is 11.2 Å². The van der Waals surface area contributed by atoms with Crippen LogP contribution in [0, 0.1) is 5.92 Å². The summed E-state index contributed by atoms with van der Waals surface area (Å²) >= 11 is 5.94. The first-order valence-corrected chi connectivity index (χ1v) is 4.83. The zero-order valence-electron chi connectivity index (χ0n) is 8.29. The molecule has 0 fully saturated rings. The summed E-state index contributed by atoms with van der Waals surface area (Å²) in [5.41, 5.74) is 0.972. The molecule has 0 N–H and O–H groups in total. The fraction of sp³-hybridized carbons (Fsp3) is 0.364. The lowest BCUT2D eigenvalue weighted by Crippen LogP contribution is -2.02. The van der Waals surface area contributed by atoms with Crippen LogP contribution in [0.1, 0.15) is 12.5 Å². The van der Waals surface area contributed by atoms with E-state index in [0.29, 0.717) is 17.2 Å². The van der Waals surface area contributed by atoms with Gasteiger partial charge in [0.25, 0.3) is 0 Å². The van der Waals surface area contributed by atoms with Crippen molar-refractivity contribution in [3.63, 3.8) is 0 Å². The predicted octanol–water partition coefficient (Wildman–Crippen LogP) is 2.73. The molecule has 0 amide bonds. The minimum Gasteiger partial charge on any atom is -0.495 e. The van der Waals surface area contributed by atoms with Gasteiger partial charge in [-0.3, -0.25) is 0 Å². The van der Waals surface area contributed by atoms with Crippen molar-refractivity contribution in [3.05, 3.63) is 28.8 Å². The average molecular weight is 213 g/mol. The molecule has 0 saturated carbocycles. The highest BCUT2D eigenvalue weighted by molar-refractivity contribution is 6.32. The molecule has 0 spiro atoms. The molecule has 1 aromatic carbocycles. The second kappa shape index (κ2) is 5.01. The highest BCUT2D eigenvalue weighted by atomic mass is 35.5. The first-order chi connectivity index (χ1) is 6.69. The second-order valence-electron chi connectivity index (χ2n) is 3.25. The molecule has 1 aromatic rings. The van der Waals surface area contributed by atoms with E-state index in [4.69, 9.17) is 16.3 Å². The molecule has 76 valence electrons. The lowest BCUT2D eigenvalue weighted by Gasteiger charge is -2.10. The summed E-state index contributed by atoms with van der Waals surface area (Å²) < 4.78 is 5.17. The zero-order chi connectivity index (χ0) is 10.6. The van der Waals surface area contributed by atoms with Crippen LogP contribution >= 0.6 is 11.6 Å². The molecule has 1 unspecified atom stereocenters. The molecule has 0 aliphatic rings. The number of para-hydroxylation sites is 1. The van der Waals surface area contributed by atoms with Gasteiger partial charge in [0, 0.05) is 5.92 Å². The number of ether oxygens (including phenoxy) is 1. The van der Waals surface area contributed by atoms with E-state index >= 15 is 0 Å². The summed E-state index contributed by atoms with van der Waals surface area (Å²) in [7, 11) is 1.58. The van der Waals surface area contributed by atoms with Crippen LogP contribution in [0.4, 0.5) is 0 Å². The Balaban J connectivity index is 2.95. The molecule has 14 heavy (non-hydrogen) atoms. The van der Waals surface area contributed by atoms with E-state index in [1.54, 1.807) is 13.2 Å². The van der Waals surface area contributed by atoms with Gasteiger partial charge < -0.3 is 9.53 Å². The summed E-state index contributed by atoms with van der Waals surface area (Å²) in [6, 6.07) is 5.55. The molecule has 0 radical (unpaired) electrons. The third-order valence-electron chi connectivity index (χ3n) is 2.03. The van der Waals surface area contributed by atoms with E-state index in [2.05, 4.69) is 0 Å². The van der Waals surface area contributed by atoms with Gasteiger partial charge in [-0.1, -0.05) is 30.7 Å². The minimum absolute atomic E-state index is 0.0117. The Labute approximate surface area is 88.8 Å². The van der Waals surface area contributed by atoms with Crippen LogP contribution in [0.3, 0.4) is 0 Å². The summed E-state index contributed by atoms with van der Waals surface area (Å²) in [5.74, 6) is 0.658. The fourth-order valence-electron chi connectivity index (χ4n) is 1.34. The zero-order valence-corrected chi connectivity index (χ0v) is 9.04. The van der Waals surface area contributed by atoms with Crippen molar-refractivity contribution in [2.45, 2.75) is 13.3 Å². The maximum absolute atomic E-state index is 10.5. The molecular weight excluding hydrogens is 200 g/mol. The second-order valence-corrected chi connectivity index (χ2v) is 3.66. The topological polar surface area (TPSA) is 26.3 Å². The number of aldehydes is 1. The van der Waals surface area contributed by atoms with Crippen molar-refractivity contribution >= 4 is 17.9 Å². The quantitative estimate of drug-likeness (QED) is 0.718. The summed E-state index contributed by atoms with van der Waals surface area (Å²) in [4.78, 5) is 10.5. The molecule has 1 atom stereocenters. The van der Waals surface area contributed by atoms with Gasteiger partial charge in [0.1, 0.15) is 12.0 Å². The van der Waals surface area contributed by atoms with E-state index in [0.717, 1.165) is 11.8 Å². The van der Waals surface area contributed by atoms with Gasteiger partial charge in [-0.2, -0.15) is 0 Å². The Hall–Kier alpha value is -1.02. The minimum atomic E-state index is -0.0117. The predicted molar refractivity (Wildman–Crippen MR) is 56.9 cm³/mol. The maximum Gasteiger partial charge on any atom is 0.140 e. The molecule has 1 rings (SSSR count). The number of rotatable bonds is 4. The number of hydrogen-bond acceptors (Lipinski definition) is 2. The first-order valence-electron chi connectivity index (χ1n) is 4.45. The van der Waals surface area contributed by atoms with Gasteiger partial charge in [-0.25, -0.2) is 0 Å². The van der Waals surface area contributed by atoms with Crippen LogP contribution in [0.25, 0.3) is 0 Å². The van der Waals surface area contributed by atoms with Crippen LogP contribution in [0.15, 0.2) is 18.2 Å². The monoisotopic (exact) mass is 212 g/mol. The van der Waals surface area contributed by atoms with Crippen molar-refractivity contribution in [2.24, 2.45) is 5.92 Å². The van der Waals surface area contributed by atoms with Crippen molar-refractivity contribution in [2.75, 3.05) is 7.11 Å². The van der Waals surface area contributed by atoms with Crippen molar-refractivity contribution in [1.82, 2.24) is 0 Å². The number of hydrogen-bond donors (Lipinski definition) is 0. The highest BCUT2D eigenvalue weighted by Gasteiger charge is 2.09. The standard InChI is InChI=1S/C11H13ClO2/c1-8(7-13)6-9-4-3-5-10(12)11(9)14-2/h3-5,7-8H,6H2,1-2H3. The third kappa shape index (κ3) is 2.48. The fourth-order valence-corrected chi connectivity index (χ4v) is 1.61. The number of benzene rings is 1. The van der Waals surface area contributed by atoms with Gasteiger partial charge in [0.05, 0.1) is 12.1 Å². The Morgan fingerprint density at radius 3 is 2.86 bits per heavy atom. The Bertz CT molecular complexity index is 323. The first kappa shape index (κ1) is 11.1. The third-order valence-corrected chi connectivity index (χ3v) is 2.32. The van der Waals surface area contributed by atoms with Crippen molar-refractivity contribution in [3.8, 4) is 5.75 Å². The smallest absolute Gasteiger partial charge is 0.140 e. The summed E-state index contributed by atoms with van der Waals surface area (Å²) in [6.45, 7) is 1.87. The van der Waals surface area contributed by atoms with Crippen LogP contribution in [-0.4, -0.2) is 13.4 Å². The maximum atomic E-state index is 10.5. The van der Waals surface area contributed by atoms with E-state index in [1.165, 1.54) is 0 Å². The lowest BCUT2D eigenvalue weighted by molar-refractivity contribution is -0.110. The molecule has 0 saturated heterocycles. The van der Waals surface area contributed by atoms with Gasteiger partial charge in [-0.05, 0) is 18.1 Å². The van der Waals surface area contributed by atoms with E-state index in [1.807, 2.05) is 19.1 Å². The number of carbonyl (C=O) groups is 1. The van der Waals surface area contributed by atoms with Crippen molar-refractivity contribution < 1.29 is 9.53 Å². The van der Waals surface area contributed by atoms with E-state index in [9.17, 15) is 4.79 Å². The van der Waals surface area contributed by atoms with Crippen LogP contribution < -0.4 is 4.74 Å². The highest BCUT2D eigenvalue weighted by Crippen LogP contribution is 2.29. The Morgan fingerprint density at radius 2 is 2.29 bits per heavy atom. The Morgan fingerprint density at radius 1 is 1.57 bits per heavy atom. The molecule has 0 aromatic heterocycles. The molecule has 0 aliphatic heterocycles. The molecular formula is C11H13ClO2. The SMILES string of the molecule is COc1c(Cl)cccc1CC(C)C=O. The largest absolute Gasteiger partial charge is 0.495 e. The molecule has 2 nitrogen and oxygen atoms in total. The molecule has 0 bridgehead atoms. The van der Waals surface area contributed by atoms with Gasteiger partial charge >= 0.3 is 0 Å². The number of halogens is 1. The lowest BCUT2D eigenvalue weighted by atomic mass is 10.0. The normalized spacial score (nSPS) is 12.2. The number of carbonyl (C=O) groups excluding carboxylic acids is 1. The van der Waals surface area contributed by atoms with E-state index < -0.39 is 0 Å². The number of methoxy groups -OCH3 is 1. The Kier molecular flexibility index (Phi) is 3.96. The average Bonchev–Trinajstić information content (AvgIpc) is 2.18. The van der Waals surface area contributed by atoms with Gasteiger partial charge in [-0.15, -0.1) is 0 Å². The molecule has 3 heteroatoms. The van der Waals surface area contributed by atoms with Gasteiger partial charge in [0.15, 0.2) is 0 Å². The van der Waals surface area contributed by atoms with Crippen molar-refractivity contribution in [1.29, 1.82) is 0 Å².